The number of benzene rings is 8. The summed E-state index contributed by atoms with van der Waals surface area (Å²) in [7, 11) is 0. The highest BCUT2D eigenvalue weighted by atomic mass is 16.3. The van der Waals surface area contributed by atoms with Gasteiger partial charge < -0.3 is 4.42 Å². The van der Waals surface area contributed by atoms with Gasteiger partial charge >= 0.3 is 0 Å². The summed E-state index contributed by atoms with van der Waals surface area (Å²) in [6.45, 7) is 0. The van der Waals surface area contributed by atoms with Gasteiger partial charge in [-0.25, -0.2) is 15.0 Å². The van der Waals surface area contributed by atoms with Crippen LogP contribution in [0.3, 0.4) is 0 Å². The van der Waals surface area contributed by atoms with Gasteiger partial charge in [0.25, 0.3) is 0 Å². The highest BCUT2D eigenvalue weighted by Crippen LogP contribution is 2.41. The third-order valence-electron chi connectivity index (χ3n) is 8.69. The van der Waals surface area contributed by atoms with Gasteiger partial charge in [-0.05, 0) is 86.8 Å². The van der Waals surface area contributed by atoms with E-state index in [-0.39, 0.29) is 23.0 Å². The van der Waals surface area contributed by atoms with Crippen molar-refractivity contribution in [2.45, 2.75) is 0 Å². The van der Waals surface area contributed by atoms with Crippen molar-refractivity contribution in [1.29, 1.82) is 0 Å². The Kier molecular flexibility index (Phi) is 4.55. The molecule has 0 amide bonds. The van der Waals surface area contributed by atoms with E-state index in [0.717, 1.165) is 11.1 Å². The Morgan fingerprint density at radius 2 is 0.927 bits per heavy atom. The Morgan fingerprint density at radius 1 is 0.364 bits per heavy atom. The summed E-state index contributed by atoms with van der Waals surface area (Å²) in [5.41, 5.74) is -3.02. The van der Waals surface area contributed by atoms with Gasteiger partial charge in [0.15, 0.2) is 17.5 Å². The normalized spacial score (nSPS) is 16.1. The van der Waals surface area contributed by atoms with E-state index >= 15 is 0 Å². The predicted molar refractivity (Wildman–Crippen MR) is 225 cm³/mol. The molecule has 0 aliphatic rings. The van der Waals surface area contributed by atoms with Crippen LogP contribution in [0.25, 0.3) is 101 Å². The van der Waals surface area contributed by atoms with Crippen molar-refractivity contribution in [2.75, 3.05) is 0 Å². The Balaban J connectivity index is 1.32. The number of fused-ring (bicyclic) bond motifs is 3. The van der Waals surface area contributed by atoms with Gasteiger partial charge in [-0.1, -0.05) is 157 Å². The van der Waals surface area contributed by atoms with Gasteiger partial charge in [0.1, 0.15) is 11.2 Å². The second-order valence-corrected chi connectivity index (χ2v) is 12.1. The van der Waals surface area contributed by atoms with E-state index in [2.05, 4.69) is 0 Å². The van der Waals surface area contributed by atoms with Crippen LogP contribution in [0.5, 0.6) is 0 Å². The van der Waals surface area contributed by atoms with Crippen molar-refractivity contribution in [3.05, 3.63) is 200 Å². The summed E-state index contributed by atoms with van der Waals surface area (Å²) in [5, 5.41) is -0.853. The molecule has 0 aliphatic heterocycles. The molecule has 0 N–H and O–H groups in total. The summed E-state index contributed by atoms with van der Waals surface area (Å²) < 4.78 is 177. The third-order valence-corrected chi connectivity index (χ3v) is 8.69. The van der Waals surface area contributed by atoms with Gasteiger partial charge in [-0.3, -0.25) is 0 Å². The molecule has 0 saturated carbocycles. The SMILES string of the molecule is [2H]c1c([2H])c([2H])c(-c2c([2H])c(-c3c([2H])c([2H])c([2H])c([2H])c3[2H])c([2H])c(-c3c([2H])c([2H])c([2H])c4oc5c([2H])c(-c6nc(-c7ccccc7)nc(-c7cccc(-c8ccccc8)c7)n6)c([2H])c([2H])c5c34)c2[2H])c([2H])c1[2H]. The van der Waals surface area contributed by atoms with Crippen LogP contribution in [-0.2, 0) is 0 Å². The van der Waals surface area contributed by atoms with Crippen molar-refractivity contribution < 1.29 is 30.5 Å². The van der Waals surface area contributed by atoms with E-state index < -0.39 is 170 Å². The van der Waals surface area contributed by atoms with E-state index in [1.54, 1.807) is 36.4 Å². The van der Waals surface area contributed by atoms with Crippen molar-refractivity contribution in [3.63, 3.8) is 0 Å². The van der Waals surface area contributed by atoms with Gasteiger partial charge in [-0.2, -0.15) is 0 Å². The lowest BCUT2D eigenvalue weighted by Gasteiger charge is -2.12. The van der Waals surface area contributed by atoms with Crippen LogP contribution < -0.4 is 0 Å². The molecule has 0 aliphatic carbocycles. The lowest BCUT2D eigenvalue weighted by molar-refractivity contribution is 0.669. The zero-order valence-corrected chi connectivity index (χ0v) is 28.3. The largest absolute Gasteiger partial charge is 0.456 e. The second-order valence-electron chi connectivity index (χ2n) is 12.1. The van der Waals surface area contributed by atoms with E-state index in [1.165, 1.54) is 0 Å². The minimum absolute atomic E-state index is 0.142. The number of furan rings is 1. The Bertz CT molecular complexity index is 3920. The fraction of sp³-hybridized carbons (Fsp3) is 0. The van der Waals surface area contributed by atoms with Crippen molar-refractivity contribution in [2.24, 2.45) is 0 Å². The lowest BCUT2D eigenvalue weighted by atomic mass is 9.91. The molecular weight excluding hydrogens is 671 g/mol. The van der Waals surface area contributed by atoms with E-state index in [0.29, 0.717) is 11.1 Å². The summed E-state index contributed by atoms with van der Waals surface area (Å²) >= 11 is 0. The highest BCUT2D eigenvalue weighted by Gasteiger charge is 2.18. The minimum atomic E-state index is -0.963. The molecule has 4 nitrogen and oxygen atoms in total. The van der Waals surface area contributed by atoms with Crippen LogP contribution in [0.2, 0.25) is 0 Å². The topological polar surface area (TPSA) is 51.8 Å². The fourth-order valence-corrected chi connectivity index (χ4v) is 6.14. The molecule has 0 atom stereocenters. The maximum Gasteiger partial charge on any atom is 0.164 e. The summed E-state index contributed by atoms with van der Waals surface area (Å²) in [6, 6.07) is 9.51. The lowest BCUT2D eigenvalue weighted by Crippen LogP contribution is -2.00. The minimum Gasteiger partial charge on any atom is -0.456 e. The molecule has 8 aromatic carbocycles. The van der Waals surface area contributed by atoms with Crippen molar-refractivity contribution in [3.8, 4) is 78.7 Å². The molecule has 0 bridgehead atoms. The molecule has 2 aromatic heterocycles. The first kappa shape index (κ1) is 18.1. The first-order valence-corrected chi connectivity index (χ1v) is 16.9. The molecule has 0 fully saturated rings. The van der Waals surface area contributed by atoms with Crippen LogP contribution >= 0.6 is 0 Å². The molecule has 0 radical (unpaired) electrons. The molecule has 10 aromatic rings. The molecule has 4 heteroatoms. The van der Waals surface area contributed by atoms with Crippen LogP contribution in [0.15, 0.2) is 204 Å². The zero-order valence-electron chi connectivity index (χ0n) is 47.3. The standard InChI is InChI=1S/C51H33N3O/c1-5-15-34(16-6-1)38-23-13-24-39(29-38)50-52-49(37-21-11-4-12-22-37)53-51(54-50)40-27-28-45-47(33-40)55-46-26-14-25-44(48(45)46)43-31-41(35-17-7-2-8-18-35)30-42(32-43)36-19-9-3-10-20-36/h1-33H/i2D,3D,7D,8D,9D,10D,14D,17D,18D,19D,20D,25D,26D,27D,28D,30D,31D,32D,33D. The zero-order chi connectivity index (χ0) is 53.1. The van der Waals surface area contributed by atoms with E-state index in [1.807, 2.05) is 48.5 Å². The van der Waals surface area contributed by atoms with Crippen molar-refractivity contribution >= 4 is 21.9 Å². The average molecular weight is 723 g/mol. The molecule has 2 heterocycles. The van der Waals surface area contributed by atoms with Gasteiger partial charge in [-0.15, -0.1) is 0 Å². The molecule has 0 unspecified atom stereocenters. The highest BCUT2D eigenvalue weighted by molar-refractivity contribution is 6.13. The van der Waals surface area contributed by atoms with Gasteiger partial charge in [0.2, 0.25) is 0 Å². The average Bonchev–Trinajstić information content (AvgIpc) is 3.84. The fourth-order valence-electron chi connectivity index (χ4n) is 6.14. The molecule has 10 rings (SSSR count). The van der Waals surface area contributed by atoms with Gasteiger partial charge in [0, 0.05) is 27.5 Å². The summed E-state index contributed by atoms with van der Waals surface area (Å²) in [4.78, 5) is 14.2. The Labute approximate surface area is 345 Å². The first-order valence-electron chi connectivity index (χ1n) is 26.4. The molecule has 258 valence electrons. The number of rotatable bonds is 7. The number of hydrogen-bond donors (Lipinski definition) is 0. The summed E-state index contributed by atoms with van der Waals surface area (Å²) in [5.74, 6) is 0.0643. The van der Waals surface area contributed by atoms with E-state index in [9.17, 15) is 9.60 Å². The maximum atomic E-state index is 9.72. The Hall–Kier alpha value is -7.43. The Morgan fingerprint density at radius 3 is 1.60 bits per heavy atom. The van der Waals surface area contributed by atoms with Crippen LogP contribution in [0.1, 0.15) is 26.0 Å². The predicted octanol–water partition coefficient (Wildman–Crippen LogP) is 13.4. The van der Waals surface area contributed by atoms with Gasteiger partial charge in [0.05, 0.1) is 26.0 Å². The monoisotopic (exact) mass is 722 g/mol. The van der Waals surface area contributed by atoms with Crippen LogP contribution in [-0.4, -0.2) is 15.0 Å². The maximum absolute atomic E-state index is 9.72. The van der Waals surface area contributed by atoms with Crippen LogP contribution in [0.4, 0.5) is 0 Å². The second kappa shape index (κ2) is 13.8. The molecule has 55 heavy (non-hydrogen) atoms. The number of nitrogens with zero attached hydrogens (tertiary/aromatic N) is 3. The molecular formula is C51H33N3O. The molecule has 0 saturated heterocycles. The smallest absolute Gasteiger partial charge is 0.164 e. The quantitative estimate of drug-likeness (QED) is 0.164. The third kappa shape index (κ3) is 6.26. The van der Waals surface area contributed by atoms with Crippen molar-refractivity contribution in [1.82, 2.24) is 15.0 Å². The number of hydrogen-bond acceptors (Lipinski definition) is 4. The van der Waals surface area contributed by atoms with E-state index in [4.69, 9.17) is 35.8 Å². The first-order chi connectivity index (χ1) is 35.2. The van der Waals surface area contributed by atoms with Crippen LogP contribution in [0, 0.1) is 0 Å². The number of aromatic nitrogens is 3. The molecule has 0 spiro atoms. The summed E-state index contributed by atoms with van der Waals surface area (Å²) in [6.07, 6.45) is 0.